The minimum Gasteiger partial charge on any atom is -0.481 e. The maximum Gasteiger partial charge on any atom is 0.313 e. The van der Waals surface area contributed by atoms with E-state index < -0.39 is 5.97 Å². The third kappa shape index (κ3) is 3.30. The van der Waals surface area contributed by atoms with E-state index in [1.54, 1.807) is 6.07 Å². The first kappa shape index (κ1) is 13.5. The summed E-state index contributed by atoms with van der Waals surface area (Å²) < 4.78 is 14.3. The molecule has 2 rings (SSSR count). The van der Waals surface area contributed by atoms with Crippen LogP contribution in [0.2, 0.25) is 0 Å². The molecule has 2 aromatic rings. The van der Waals surface area contributed by atoms with Crippen LogP contribution >= 0.6 is 39.0 Å². The van der Waals surface area contributed by atoms with Gasteiger partial charge in [-0.05, 0) is 34.1 Å². The fourth-order valence-electron chi connectivity index (χ4n) is 1.27. The summed E-state index contributed by atoms with van der Waals surface area (Å²) in [6.07, 6.45) is 0. The largest absolute Gasteiger partial charge is 0.481 e. The highest BCUT2D eigenvalue weighted by Gasteiger charge is 2.10. The van der Waals surface area contributed by atoms with E-state index in [1.165, 1.54) is 35.2 Å². The fourth-order valence-corrected chi connectivity index (χ4v) is 3.37. The van der Waals surface area contributed by atoms with Crippen molar-refractivity contribution in [3.05, 3.63) is 33.9 Å². The van der Waals surface area contributed by atoms with E-state index in [4.69, 9.17) is 5.11 Å². The van der Waals surface area contributed by atoms with Crippen molar-refractivity contribution < 1.29 is 14.3 Å². The molecule has 0 aliphatic heterocycles. The molecule has 1 aromatic heterocycles. The molecule has 0 amide bonds. The van der Waals surface area contributed by atoms with Crippen LogP contribution < -0.4 is 0 Å². The molecule has 0 aliphatic carbocycles. The van der Waals surface area contributed by atoms with Crippen molar-refractivity contribution in [1.29, 1.82) is 0 Å². The van der Waals surface area contributed by atoms with Gasteiger partial charge in [0.1, 0.15) is 5.82 Å². The van der Waals surface area contributed by atoms with Gasteiger partial charge in [0, 0.05) is 15.4 Å². The molecular formula is C11H7BrFNO2S2. The number of aromatic nitrogens is 1. The number of benzene rings is 1. The molecular weight excluding hydrogens is 341 g/mol. The van der Waals surface area contributed by atoms with E-state index >= 15 is 0 Å². The Hall–Kier alpha value is -0.920. The van der Waals surface area contributed by atoms with Gasteiger partial charge >= 0.3 is 5.97 Å². The second-order valence-electron chi connectivity index (χ2n) is 3.31. The minimum atomic E-state index is -0.875. The fraction of sp³-hybridized carbons (Fsp3) is 0.0909. The molecule has 7 heteroatoms. The number of aliphatic carboxylic acids is 1. The highest BCUT2D eigenvalue weighted by Crippen LogP contribution is 2.32. The molecule has 0 unspecified atom stereocenters. The predicted octanol–water partition coefficient (Wildman–Crippen LogP) is 3.89. The number of rotatable bonds is 4. The summed E-state index contributed by atoms with van der Waals surface area (Å²) in [7, 11) is 0. The first-order valence-corrected chi connectivity index (χ1v) is 7.47. The van der Waals surface area contributed by atoms with Gasteiger partial charge in [-0.25, -0.2) is 9.37 Å². The second kappa shape index (κ2) is 5.81. The van der Waals surface area contributed by atoms with Crippen LogP contribution in [0.15, 0.2) is 32.4 Å². The van der Waals surface area contributed by atoms with Gasteiger partial charge in [0.25, 0.3) is 0 Å². The van der Waals surface area contributed by atoms with E-state index in [-0.39, 0.29) is 11.6 Å². The van der Waals surface area contributed by atoms with E-state index in [2.05, 4.69) is 20.9 Å². The molecule has 0 bridgehead atoms. The van der Waals surface area contributed by atoms with Crippen molar-refractivity contribution in [2.75, 3.05) is 5.75 Å². The molecule has 0 saturated carbocycles. The van der Waals surface area contributed by atoms with Gasteiger partial charge in [-0.2, -0.15) is 0 Å². The lowest BCUT2D eigenvalue weighted by atomic mass is 10.2. The Bertz CT molecular complexity index is 588. The molecule has 1 N–H and O–H groups in total. The Labute approximate surface area is 119 Å². The second-order valence-corrected chi connectivity index (χ2v) is 6.24. The van der Waals surface area contributed by atoms with Crippen LogP contribution in [0.25, 0.3) is 11.3 Å². The van der Waals surface area contributed by atoms with Gasteiger partial charge in [-0.1, -0.05) is 11.8 Å². The molecule has 1 aromatic carbocycles. The quantitative estimate of drug-likeness (QED) is 0.852. The number of halogens is 2. The smallest absolute Gasteiger partial charge is 0.313 e. The Morgan fingerprint density at radius 3 is 3.00 bits per heavy atom. The summed E-state index contributed by atoms with van der Waals surface area (Å²) in [5.41, 5.74) is 1.49. The number of carbonyl (C=O) groups is 1. The first-order valence-electron chi connectivity index (χ1n) is 4.82. The molecule has 0 radical (unpaired) electrons. The molecule has 0 spiro atoms. The number of carboxylic acid groups (broad SMARTS) is 1. The summed E-state index contributed by atoms with van der Waals surface area (Å²) >= 11 is 5.82. The van der Waals surface area contributed by atoms with Crippen LogP contribution in [0.4, 0.5) is 4.39 Å². The molecule has 0 saturated heterocycles. The van der Waals surface area contributed by atoms with E-state index in [0.29, 0.717) is 14.5 Å². The number of thiazole rings is 1. The number of thioether (sulfide) groups is 1. The molecule has 0 aliphatic rings. The zero-order valence-corrected chi connectivity index (χ0v) is 12.1. The normalized spacial score (nSPS) is 10.6. The van der Waals surface area contributed by atoms with Gasteiger partial charge < -0.3 is 5.11 Å². The lowest BCUT2D eigenvalue weighted by Crippen LogP contribution is -1.96. The van der Waals surface area contributed by atoms with Gasteiger partial charge in [-0.15, -0.1) is 11.3 Å². The summed E-state index contributed by atoms with van der Waals surface area (Å²) in [4.78, 5) is 14.8. The lowest BCUT2D eigenvalue weighted by Gasteiger charge is -2.00. The van der Waals surface area contributed by atoms with Gasteiger partial charge in [0.05, 0.1) is 11.4 Å². The maximum atomic E-state index is 13.0. The van der Waals surface area contributed by atoms with Gasteiger partial charge in [0.15, 0.2) is 4.34 Å². The zero-order chi connectivity index (χ0) is 13.1. The van der Waals surface area contributed by atoms with Crippen LogP contribution in [0.3, 0.4) is 0 Å². The summed E-state index contributed by atoms with van der Waals surface area (Å²) in [6.45, 7) is 0. The summed E-state index contributed by atoms with van der Waals surface area (Å²) in [5, 5.41) is 10.4. The van der Waals surface area contributed by atoms with Crippen LogP contribution in [-0.2, 0) is 4.79 Å². The standard InChI is InChI=1S/C11H7BrFNO2S2/c12-8-3-6(13)1-2-7(8)9-4-17-11(14-9)18-5-10(15)16/h1-4H,5H2,(H,15,16). The summed E-state index contributed by atoms with van der Waals surface area (Å²) in [5.74, 6) is -1.21. The van der Waals surface area contributed by atoms with Crippen LogP contribution in [0.1, 0.15) is 0 Å². The molecule has 3 nitrogen and oxygen atoms in total. The molecule has 18 heavy (non-hydrogen) atoms. The number of nitrogens with zero attached hydrogens (tertiary/aromatic N) is 1. The van der Waals surface area contributed by atoms with Crippen molar-refractivity contribution in [3.8, 4) is 11.3 Å². The number of hydrogen-bond donors (Lipinski definition) is 1. The predicted molar refractivity (Wildman–Crippen MR) is 73.6 cm³/mol. The van der Waals surface area contributed by atoms with Crippen molar-refractivity contribution in [3.63, 3.8) is 0 Å². The highest BCUT2D eigenvalue weighted by atomic mass is 79.9. The van der Waals surface area contributed by atoms with Crippen molar-refractivity contribution >= 4 is 45.0 Å². The lowest BCUT2D eigenvalue weighted by molar-refractivity contribution is -0.133. The van der Waals surface area contributed by atoms with E-state index in [1.807, 2.05) is 5.38 Å². The number of hydrogen-bond acceptors (Lipinski definition) is 4. The number of carboxylic acids is 1. The molecule has 94 valence electrons. The third-order valence-electron chi connectivity index (χ3n) is 2.01. The monoisotopic (exact) mass is 347 g/mol. The molecule has 0 fully saturated rings. The minimum absolute atomic E-state index is 0.0163. The summed E-state index contributed by atoms with van der Waals surface area (Å²) in [6, 6.07) is 4.38. The Morgan fingerprint density at radius 1 is 1.56 bits per heavy atom. The van der Waals surface area contributed by atoms with Crippen molar-refractivity contribution in [2.45, 2.75) is 4.34 Å². The van der Waals surface area contributed by atoms with Gasteiger partial charge in [0.2, 0.25) is 0 Å². The van der Waals surface area contributed by atoms with E-state index in [9.17, 15) is 9.18 Å². The SMILES string of the molecule is O=C(O)CSc1nc(-c2ccc(F)cc2Br)cs1. The molecule has 0 atom stereocenters. The highest BCUT2D eigenvalue weighted by molar-refractivity contribution is 9.10. The van der Waals surface area contributed by atoms with Crippen LogP contribution in [0, 0.1) is 5.82 Å². The topological polar surface area (TPSA) is 50.2 Å². The van der Waals surface area contributed by atoms with Crippen molar-refractivity contribution in [2.24, 2.45) is 0 Å². The maximum absolute atomic E-state index is 13.0. The van der Waals surface area contributed by atoms with Crippen LogP contribution in [-0.4, -0.2) is 21.8 Å². The van der Waals surface area contributed by atoms with Gasteiger partial charge in [-0.3, -0.25) is 4.79 Å². The molecule has 1 heterocycles. The average molecular weight is 348 g/mol. The Morgan fingerprint density at radius 2 is 2.33 bits per heavy atom. The zero-order valence-electron chi connectivity index (χ0n) is 8.89. The Kier molecular flexibility index (Phi) is 4.36. The van der Waals surface area contributed by atoms with E-state index in [0.717, 1.165) is 5.56 Å². The van der Waals surface area contributed by atoms with Crippen molar-refractivity contribution in [1.82, 2.24) is 4.98 Å². The average Bonchev–Trinajstić information content (AvgIpc) is 2.75. The van der Waals surface area contributed by atoms with Crippen LogP contribution in [0.5, 0.6) is 0 Å². The Balaban J connectivity index is 2.21. The first-order chi connectivity index (χ1) is 8.56. The third-order valence-corrected chi connectivity index (χ3v) is 4.67.